The molecular formula is C12H25NO. The molecule has 0 aromatic heterocycles. The Morgan fingerprint density at radius 1 is 1.14 bits per heavy atom. The van der Waals surface area contributed by atoms with Crippen molar-refractivity contribution in [1.82, 2.24) is 4.90 Å². The highest BCUT2D eigenvalue weighted by Gasteiger charge is 2.45. The number of piperidine rings is 1. The molecule has 84 valence electrons. The van der Waals surface area contributed by atoms with Crippen LogP contribution in [0, 0.1) is 5.41 Å². The van der Waals surface area contributed by atoms with E-state index < -0.39 is 0 Å². The Kier molecular flexibility index (Phi) is 4.39. The molecule has 0 aromatic carbocycles. The van der Waals surface area contributed by atoms with E-state index in [1.807, 2.05) is 21.0 Å². The van der Waals surface area contributed by atoms with Gasteiger partial charge in [0.15, 0.2) is 0 Å². The lowest BCUT2D eigenvalue weighted by Crippen LogP contribution is -2.48. The lowest BCUT2D eigenvalue weighted by molar-refractivity contribution is -0.0852. The standard InChI is InChI=1S/C10H19NO.C2H6/c1-11-5-3-10(4-6-11)7-9(8-10)12-2;1-2/h9H,3-8H2,1-2H3;1-2H3. The third-order valence-electron chi connectivity index (χ3n) is 3.70. The summed E-state index contributed by atoms with van der Waals surface area (Å²) in [6.07, 6.45) is 6.00. The van der Waals surface area contributed by atoms with E-state index in [1.54, 1.807) is 0 Å². The molecule has 0 aromatic rings. The molecule has 0 bridgehead atoms. The van der Waals surface area contributed by atoms with Crippen LogP contribution in [0.3, 0.4) is 0 Å². The Bertz CT molecular complexity index is 146. The van der Waals surface area contributed by atoms with Crippen LogP contribution in [0.4, 0.5) is 0 Å². The van der Waals surface area contributed by atoms with Gasteiger partial charge in [-0.2, -0.15) is 0 Å². The average Bonchev–Trinajstić information content (AvgIpc) is 2.19. The number of hydrogen-bond acceptors (Lipinski definition) is 2. The van der Waals surface area contributed by atoms with Gasteiger partial charge >= 0.3 is 0 Å². The van der Waals surface area contributed by atoms with Crippen LogP contribution in [0.2, 0.25) is 0 Å². The van der Waals surface area contributed by atoms with E-state index in [2.05, 4.69) is 11.9 Å². The minimum atomic E-state index is 0.577. The number of likely N-dealkylation sites (tertiary alicyclic amines) is 1. The van der Waals surface area contributed by atoms with Gasteiger partial charge in [0.05, 0.1) is 6.10 Å². The largest absolute Gasteiger partial charge is 0.381 e. The molecule has 2 fully saturated rings. The van der Waals surface area contributed by atoms with Crippen molar-refractivity contribution >= 4 is 0 Å². The van der Waals surface area contributed by atoms with Crippen molar-refractivity contribution in [2.24, 2.45) is 5.41 Å². The van der Waals surface area contributed by atoms with Gasteiger partial charge in [-0.05, 0) is 51.2 Å². The van der Waals surface area contributed by atoms with Gasteiger partial charge in [0, 0.05) is 7.11 Å². The van der Waals surface area contributed by atoms with Crippen LogP contribution in [0.5, 0.6) is 0 Å². The van der Waals surface area contributed by atoms with Crippen LogP contribution in [-0.4, -0.2) is 38.3 Å². The Labute approximate surface area is 88.6 Å². The molecule has 1 saturated carbocycles. The molecule has 2 heteroatoms. The zero-order valence-corrected chi connectivity index (χ0v) is 10.2. The Morgan fingerprint density at radius 2 is 1.64 bits per heavy atom. The molecular weight excluding hydrogens is 174 g/mol. The first-order chi connectivity index (χ1) is 6.74. The molecule has 1 saturated heterocycles. The topological polar surface area (TPSA) is 12.5 Å². The summed E-state index contributed by atoms with van der Waals surface area (Å²) in [6, 6.07) is 0. The summed E-state index contributed by atoms with van der Waals surface area (Å²) < 4.78 is 5.33. The molecule has 1 spiro atoms. The zero-order valence-electron chi connectivity index (χ0n) is 10.2. The third kappa shape index (κ3) is 2.48. The van der Waals surface area contributed by atoms with Crippen LogP contribution < -0.4 is 0 Å². The Hall–Kier alpha value is -0.0800. The lowest BCUT2D eigenvalue weighted by Gasteiger charge is -2.51. The van der Waals surface area contributed by atoms with Gasteiger partial charge in [-0.1, -0.05) is 13.8 Å². The fraction of sp³-hybridized carbons (Fsp3) is 1.00. The fourth-order valence-electron chi connectivity index (χ4n) is 2.57. The van der Waals surface area contributed by atoms with Crippen molar-refractivity contribution in [3.63, 3.8) is 0 Å². The molecule has 0 radical (unpaired) electrons. The highest BCUT2D eigenvalue weighted by Crippen LogP contribution is 2.49. The first-order valence-electron chi connectivity index (χ1n) is 5.95. The Morgan fingerprint density at radius 3 is 2.07 bits per heavy atom. The molecule has 0 amide bonds. The lowest BCUT2D eigenvalue weighted by atomic mass is 9.61. The van der Waals surface area contributed by atoms with Crippen molar-refractivity contribution in [2.75, 3.05) is 27.2 Å². The highest BCUT2D eigenvalue weighted by molar-refractivity contribution is 4.97. The van der Waals surface area contributed by atoms with Crippen LogP contribution in [0.15, 0.2) is 0 Å². The van der Waals surface area contributed by atoms with E-state index >= 15 is 0 Å². The second kappa shape index (κ2) is 5.13. The van der Waals surface area contributed by atoms with Gasteiger partial charge in [0.25, 0.3) is 0 Å². The smallest absolute Gasteiger partial charge is 0.0582 e. The van der Waals surface area contributed by atoms with Crippen LogP contribution >= 0.6 is 0 Å². The first-order valence-corrected chi connectivity index (χ1v) is 5.95. The molecule has 0 N–H and O–H groups in total. The predicted octanol–water partition coefficient (Wildman–Crippen LogP) is 2.53. The summed E-state index contributed by atoms with van der Waals surface area (Å²) in [7, 11) is 4.06. The number of nitrogens with zero attached hydrogens (tertiary/aromatic N) is 1. The van der Waals surface area contributed by atoms with Gasteiger partial charge in [0.2, 0.25) is 0 Å². The van der Waals surface area contributed by atoms with Crippen molar-refractivity contribution in [1.29, 1.82) is 0 Å². The molecule has 2 aliphatic rings. The summed E-state index contributed by atoms with van der Waals surface area (Å²) in [6.45, 7) is 6.58. The molecule has 0 atom stereocenters. The molecule has 2 rings (SSSR count). The average molecular weight is 199 g/mol. The minimum Gasteiger partial charge on any atom is -0.381 e. The maximum atomic E-state index is 5.33. The second-order valence-corrected chi connectivity index (χ2v) is 4.57. The summed E-state index contributed by atoms with van der Waals surface area (Å²) in [5.41, 5.74) is 0.688. The van der Waals surface area contributed by atoms with E-state index in [0.717, 1.165) is 0 Å². The van der Waals surface area contributed by atoms with E-state index in [4.69, 9.17) is 4.74 Å². The molecule has 1 aliphatic heterocycles. The minimum absolute atomic E-state index is 0.577. The molecule has 1 aliphatic carbocycles. The summed E-state index contributed by atoms with van der Waals surface area (Å²) in [4.78, 5) is 2.44. The quantitative estimate of drug-likeness (QED) is 0.643. The number of ether oxygens (including phenoxy) is 1. The summed E-state index contributed by atoms with van der Waals surface area (Å²) >= 11 is 0. The second-order valence-electron chi connectivity index (χ2n) is 4.57. The zero-order chi connectivity index (χ0) is 10.6. The van der Waals surface area contributed by atoms with Gasteiger partial charge in [0.1, 0.15) is 0 Å². The van der Waals surface area contributed by atoms with Gasteiger partial charge in [-0.3, -0.25) is 0 Å². The normalized spacial score (nSPS) is 26.6. The maximum absolute atomic E-state index is 5.33. The highest BCUT2D eigenvalue weighted by atomic mass is 16.5. The van der Waals surface area contributed by atoms with E-state index in [0.29, 0.717) is 11.5 Å². The van der Waals surface area contributed by atoms with Crippen LogP contribution in [0.1, 0.15) is 39.5 Å². The first kappa shape index (κ1) is 12.0. The van der Waals surface area contributed by atoms with Gasteiger partial charge in [-0.15, -0.1) is 0 Å². The van der Waals surface area contributed by atoms with Crippen molar-refractivity contribution < 1.29 is 4.74 Å². The number of rotatable bonds is 1. The number of hydrogen-bond donors (Lipinski definition) is 0. The van der Waals surface area contributed by atoms with Crippen LogP contribution in [0.25, 0.3) is 0 Å². The van der Waals surface area contributed by atoms with Gasteiger partial charge in [-0.25, -0.2) is 0 Å². The summed E-state index contributed by atoms with van der Waals surface area (Å²) in [5.74, 6) is 0. The van der Waals surface area contributed by atoms with E-state index in [-0.39, 0.29) is 0 Å². The fourth-order valence-corrected chi connectivity index (χ4v) is 2.57. The Balaban J connectivity index is 0.000000461. The maximum Gasteiger partial charge on any atom is 0.0582 e. The predicted molar refractivity (Wildman–Crippen MR) is 60.5 cm³/mol. The molecule has 0 unspecified atom stereocenters. The van der Waals surface area contributed by atoms with Gasteiger partial charge < -0.3 is 9.64 Å². The molecule has 2 nitrogen and oxygen atoms in total. The summed E-state index contributed by atoms with van der Waals surface area (Å²) in [5, 5.41) is 0. The van der Waals surface area contributed by atoms with Crippen molar-refractivity contribution in [3.05, 3.63) is 0 Å². The SMILES string of the molecule is CC.COC1CC2(CCN(C)CC2)C1. The van der Waals surface area contributed by atoms with E-state index in [9.17, 15) is 0 Å². The monoisotopic (exact) mass is 199 g/mol. The van der Waals surface area contributed by atoms with Crippen LogP contribution in [-0.2, 0) is 4.74 Å². The molecule has 1 heterocycles. The van der Waals surface area contributed by atoms with Crippen molar-refractivity contribution in [3.8, 4) is 0 Å². The molecule has 14 heavy (non-hydrogen) atoms. The van der Waals surface area contributed by atoms with Crippen molar-refractivity contribution in [2.45, 2.75) is 45.6 Å². The third-order valence-corrected chi connectivity index (χ3v) is 3.70. The van der Waals surface area contributed by atoms with E-state index in [1.165, 1.54) is 38.8 Å². The number of methoxy groups -OCH3 is 1.